The van der Waals surface area contributed by atoms with Gasteiger partial charge in [-0.2, -0.15) is 15.0 Å². The van der Waals surface area contributed by atoms with Crippen LogP contribution in [0.15, 0.2) is 54.6 Å². The van der Waals surface area contributed by atoms with Crippen molar-refractivity contribution in [3.05, 3.63) is 82.1 Å². The molecule has 0 fully saturated rings. The first kappa shape index (κ1) is 21.0. The van der Waals surface area contributed by atoms with Crippen molar-refractivity contribution in [3.8, 4) is 29.0 Å². The van der Waals surface area contributed by atoms with Gasteiger partial charge in [0.1, 0.15) is 23.0 Å². The lowest BCUT2D eigenvalue weighted by molar-refractivity contribution is 0.0224. The number of hydrogen-bond donors (Lipinski definition) is 3. The lowest BCUT2D eigenvalue weighted by atomic mass is 9.77. The van der Waals surface area contributed by atoms with Crippen LogP contribution in [0, 0.1) is 0 Å². The minimum atomic E-state index is -1.39. The summed E-state index contributed by atoms with van der Waals surface area (Å²) in [5, 5.41) is 23.0. The molecular formula is C24H15ClN4O6. The minimum Gasteiger partial charge on any atom is -0.508 e. The Balaban J connectivity index is 1.57. The average molecular weight is 491 g/mol. The Hall–Kier alpha value is -4.57. The van der Waals surface area contributed by atoms with Crippen LogP contribution in [0.2, 0.25) is 5.28 Å². The van der Waals surface area contributed by atoms with Crippen molar-refractivity contribution in [1.82, 2.24) is 15.0 Å². The van der Waals surface area contributed by atoms with Crippen LogP contribution in [-0.4, -0.2) is 38.2 Å². The minimum absolute atomic E-state index is 0.00558. The van der Waals surface area contributed by atoms with Gasteiger partial charge in [-0.25, -0.2) is 4.79 Å². The highest BCUT2D eigenvalue weighted by Crippen LogP contribution is 2.57. The molecule has 4 aromatic rings. The Bertz CT molecular complexity index is 1490. The van der Waals surface area contributed by atoms with Crippen LogP contribution in [0.3, 0.4) is 0 Å². The van der Waals surface area contributed by atoms with E-state index in [0.717, 1.165) is 0 Å². The second-order valence-electron chi connectivity index (χ2n) is 7.80. The molecular weight excluding hydrogens is 476 g/mol. The summed E-state index contributed by atoms with van der Waals surface area (Å²) in [7, 11) is 1.40. The number of ether oxygens (including phenoxy) is 3. The number of methoxy groups -OCH3 is 1. The Kier molecular flexibility index (Phi) is 4.48. The predicted molar refractivity (Wildman–Crippen MR) is 123 cm³/mol. The smallest absolute Gasteiger partial charge is 0.342 e. The molecule has 3 heterocycles. The van der Waals surface area contributed by atoms with Crippen molar-refractivity contribution >= 4 is 29.2 Å². The zero-order chi connectivity index (χ0) is 24.3. The SMILES string of the molecule is COc1nc(Cl)nc(Nc2cccc3c2C(=O)OC32c3ccc(O)cc3Oc3cc(O)ccc32)n1. The Morgan fingerprint density at radius 1 is 0.943 bits per heavy atom. The van der Waals surface area contributed by atoms with E-state index < -0.39 is 11.6 Å². The van der Waals surface area contributed by atoms with E-state index in [2.05, 4.69) is 20.3 Å². The number of benzene rings is 3. The number of rotatable bonds is 3. The van der Waals surface area contributed by atoms with Gasteiger partial charge < -0.3 is 29.7 Å². The number of aromatic hydroxyl groups is 2. The van der Waals surface area contributed by atoms with Gasteiger partial charge >= 0.3 is 12.0 Å². The van der Waals surface area contributed by atoms with E-state index >= 15 is 0 Å². The summed E-state index contributed by atoms with van der Waals surface area (Å²) in [5.41, 5.74) is 0.805. The fourth-order valence-corrected chi connectivity index (χ4v) is 4.60. The number of hydrogen-bond acceptors (Lipinski definition) is 10. The fraction of sp³-hybridized carbons (Fsp3) is 0.0833. The first-order chi connectivity index (χ1) is 16.9. The maximum atomic E-state index is 13.4. The van der Waals surface area contributed by atoms with Crippen LogP contribution in [0.25, 0.3) is 0 Å². The molecule has 0 radical (unpaired) electrons. The summed E-state index contributed by atoms with van der Waals surface area (Å²) in [6.07, 6.45) is 0. The maximum Gasteiger partial charge on any atom is 0.342 e. The summed E-state index contributed by atoms with van der Waals surface area (Å²) in [6, 6.07) is 14.3. The van der Waals surface area contributed by atoms with E-state index in [1.165, 1.54) is 31.4 Å². The van der Waals surface area contributed by atoms with Gasteiger partial charge in [0.25, 0.3) is 0 Å². The largest absolute Gasteiger partial charge is 0.508 e. The second kappa shape index (κ2) is 7.47. The molecule has 10 nitrogen and oxygen atoms in total. The first-order valence-electron chi connectivity index (χ1n) is 10.3. The van der Waals surface area contributed by atoms with Crippen molar-refractivity contribution in [2.24, 2.45) is 0 Å². The number of halogens is 1. The number of nitrogens with zero attached hydrogens (tertiary/aromatic N) is 3. The number of carbonyl (C=O) groups excluding carboxylic acids is 1. The van der Waals surface area contributed by atoms with Crippen LogP contribution in [-0.2, 0) is 10.3 Å². The number of carbonyl (C=O) groups is 1. The number of anilines is 2. The highest BCUT2D eigenvalue weighted by molar-refractivity contribution is 6.28. The maximum absolute atomic E-state index is 13.4. The summed E-state index contributed by atoms with van der Waals surface area (Å²) >= 11 is 5.97. The third-order valence-corrected chi connectivity index (χ3v) is 5.99. The van der Waals surface area contributed by atoms with Crippen molar-refractivity contribution < 1.29 is 29.2 Å². The summed E-state index contributed by atoms with van der Waals surface area (Å²) in [4.78, 5) is 25.4. The molecule has 6 rings (SSSR count). The summed E-state index contributed by atoms with van der Waals surface area (Å²) < 4.78 is 17.1. The average Bonchev–Trinajstić information content (AvgIpc) is 3.12. The standard InChI is InChI=1S/C24H15ClN4O6/c1-33-23-28-21(25)27-22(29-23)26-16-4-2-3-15-19(16)20(32)35-24(15)13-7-5-11(30)9-17(13)34-18-10-12(31)6-8-14(18)24/h2-10,30-31H,1H3,(H,26,27,28,29). The number of fused-ring (bicyclic) bond motifs is 6. The first-order valence-corrected chi connectivity index (χ1v) is 10.7. The predicted octanol–water partition coefficient (Wildman–Crippen LogP) is 4.26. The van der Waals surface area contributed by atoms with Gasteiger partial charge in [-0.05, 0) is 41.9 Å². The van der Waals surface area contributed by atoms with Gasteiger partial charge in [-0.15, -0.1) is 0 Å². The zero-order valence-electron chi connectivity index (χ0n) is 17.9. The van der Waals surface area contributed by atoms with Crippen LogP contribution in [0.5, 0.6) is 29.0 Å². The number of phenolic OH excluding ortho intramolecular Hbond substituents is 2. The molecule has 3 aromatic carbocycles. The molecule has 1 spiro atoms. The fourth-order valence-electron chi connectivity index (χ4n) is 4.45. The van der Waals surface area contributed by atoms with E-state index in [-0.39, 0.29) is 45.8 Å². The summed E-state index contributed by atoms with van der Waals surface area (Å²) in [5.74, 6) is 0.000226. The van der Waals surface area contributed by atoms with E-state index in [9.17, 15) is 15.0 Å². The molecule has 0 bridgehead atoms. The third-order valence-electron chi connectivity index (χ3n) is 5.82. The van der Waals surface area contributed by atoms with Gasteiger partial charge in [-0.3, -0.25) is 0 Å². The number of phenols is 2. The Morgan fingerprint density at radius 2 is 1.63 bits per heavy atom. The number of nitrogens with one attached hydrogen (secondary N) is 1. The van der Waals surface area contributed by atoms with Crippen LogP contribution in [0.1, 0.15) is 27.0 Å². The molecule has 3 N–H and O–H groups in total. The van der Waals surface area contributed by atoms with Crippen LogP contribution >= 0.6 is 11.6 Å². The highest BCUT2D eigenvalue weighted by atomic mass is 35.5. The molecule has 0 aliphatic carbocycles. The normalized spacial score (nSPS) is 14.4. The van der Waals surface area contributed by atoms with Crippen LogP contribution in [0.4, 0.5) is 11.6 Å². The lowest BCUT2D eigenvalue weighted by Gasteiger charge is -2.36. The second-order valence-corrected chi connectivity index (χ2v) is 8.14. The monoisotopic (exact) mass is 490 g/mol. The number of aromatic nitrogens is 3. The molecule has 0 atom stereocenters. The van der Waals surface area contributed by atoms with E-state index in [1.807, 2.05) is 0 Å². The molecule has 11 heteroatoms. The van der Waals surface area contributed by atoms with E-state index in [4.69, 9.17) is 25.8 Å². The quantitative estimate of drug-likeness (QED) is 0.357. The molecule has 0 amide bonds. The van der Waals surface area contributed by atoms with Crippen molar-refractivity contribution in [3.63, 3.8) is 0 Å². The molecule has 174 valence electrons. The van der Waals surface area contributed by atoms with Crippen molar-refractivity contribution in [1.29, 1.82) is 0 Å². The molecule has 1 aromatic heterocycles. The Labute approximate surface area is 202 Å². The molecule has 2 aliphatic heterocycles. The summed E-state index contributed by atoms with van der Waals surface area (Å²) in [6.45, 7) is 0. The van der Waals surface area contributed by atoms with Gasteiger partial charge in [0.15, 0.2) is 5.60 Å². The molecule has 0 saturated carbocycles. The van der Waals surface area contributed by atoms with Gasteiger partial charge in [0.05, 0.1) is 18.4 Å². The Morgan fingerprint density at radius 3 is 2.29 bits per heavy atom. The lowest BCUT2D eigenvalue weighted by Crippen LogP contribution is -2.32. The topological polar surface area (TPSA) is 136 Å². The van der Waals surface area contributed by atoms with E-state index in [1.54, 1.807) is 30.3 Å². The molecule has 0 unspecified atom stereocenters. The molecule has 35 heavy (non-hydrogen) atoms. The molecule has 2 aliphatic rings. The zero-order valence-corrected chi connectivity index (χ0v) is 18.7. The third kappa shape index (κ3) is 3.11. The highest BCUT2D eigenvalue weighted by Gasteiger charge is 2.54. The van der Waals surface area contributed by atoms with Crippen molar-refractivity contribution in [2.45, 2.75) is 5.60 Å². The van der Waals surface area contributed by atoms with Gasteiger partial charge in [0, 0.05) is 28.8 Å². The van der Waals surface area contributed by atoms with E-state index in [0.29, 0.717) is 22.4 Å². The van der Waals surface area contributed by atoms with Crippen LogP contribution < -0.4 is 14.8 Å². The van der Waals surface area contributed by atoms with Gasteiger partial charge in [-0.1, -0.05) is 12.1 Å². The van der Waals surface area contributed by atoms with Crippen molar-refractivity contribution in [2.75, 3.05) is 12.4 Å². The molecule has 0 saturated heterocycles. The van der Waals surface area contributed by atoms with Gasteiger partial charge in [0.2, 0.25) is 11.2 Å². The number of esters is 1.